The molecule has 0 aliphatic heterocycles. The van der Waals surface area contributed by atoms with Crippen LogP contribution in [0.3, 0.4) is 0 Å². The summed E-state index contributed by atoms with van der Waals surface area (Å²) in [5.74, 6) is -0.0327. The van der Waals surface area contributed by atoms with E-state index >= 15 is 0 Å². The Balaban J connectivity index is 1.57. The molecule has 0 bridgehead atoms. The van der Waals surface area contributed by atoms with E-state index in [1.807, 2.05) is 54.1 Å². The average Bonchev–Trinajstić information content (AvgIpc) is 2.98. The van der Waals surface area contributed by atoms with Crippen LogP contribution in [0.1, 0.15) is 34.5 Å². The van der Waals surface area contributed by atoms with Gasteiger partial charge in [-0.3, -0.25) is 9.48 Å². The summed E-state index contributed by atoms with van der Waals surface area (Å²) >= 11 is 0. The van der Waals surface area contributed by atoms with Crippen LogP contribution in [0.4, 0.5) is 5.69 Å². The van der Waals surface area contributed by atoms with Crippen molar-refractivity contribution in [2.75, 3.05) is 25.5 Å². The first-order valence-electron chi connectivity index (χ1n) is 8.24. The van der Waals surface area contributed by atoms with Gasteiger partial charge in [0.25, 0.3) is 5.91 Å². The highest BCUT2D eigenvalue weighted by atomic mass is 16.1. The molecule has 1 aromatic heterocycles. The number of hydrogen-bond acceptors (Lipinski definition) is 3. The fourth-order valence-corrected chi connectivity index (χ4v) is 3.05. The van der Waals surface area contributed by atoms with Crippen LogP contribution in [0.5, 0.6) is 0 Å². The SMILES string of the molecule is CN(C)c1cccc(C(=O)NCCn2ncc3c2CCCC3)c1. The van der Waals surface area contributed by atoms with Crippen molar-refractivity contribution in [2.45, 2.75) is 32.2 Å². The van der Waals surface area contributed by atoms with E-state index < -0.39 is 0 Å². The fourth-order valence-electron chi connectivity index (χ4n) is 3.05. The molecule has 0 saturated heterocycles. The van der Waals surface area contributed by atoms with Crippen molar-refractivity contribution < 1.29 is 4.79 Å². The number of carbonyl (C=O) groups is 1. The second-order valence-electron chi connectivity index (χ2n) is 6.25. The molecule has 0 atom stereocenters. The number of rotatable bonds is 5. The number of aromatic nitrogens is 2. The Hall–Kier alpha value is -2.30. The summed E-state index contributed by atoms with van der Waals surface area (Å²) in [6.45, 7) is 1.33. The van der Waals surface area contributed by atoms with E-state index in [9.17, 15) is 4.79 Å². The number of nitrogens with zero attached hydrogens (tertiary/aromatic N) is 3. The Kier molecular flexibility index (Phi) is 4.65. The Labute approximate surface area is 137 Å². The second-order valence-corrected chi connectivity index (χ2v) is 6.25. The quantitative estimate of drug-likeness (QED) is 0.921. The lowest BCUT2D eigenvalue weighted by atomic mass is 9.98. The third-order valence-electron chi connectivity index (χ3n) is 4.38. The zero-order chi connectivity index (χ0) is 16.2. The lowest BCUT2D eigenvalue weighted by molar-refractivity contribution is 0.0952. The molecule has 1 aliphatic rings. The lowest BCUT2D eigenvalue weighted by Crippen LogP contribution is -2.28. The first-order chi connectivity index (χ1) is 11.1. The fraction of sp³-hybridized carbons (Fsp3) is 0.444. The van der Waals surface area contributed by atoms with Gasteiger partial charge in [0.2, 0.25) is 0 Å². The molecule has 0 radical (unpaired) electrons. The van der Waals surface area contributed by atoms with Crippen LogP contribution in [0.2, 0.25) is 0 Å². The van der Waals surface area contributed by atoms with Gasteiger partial charge in [0.1, 0.15) is 0 Å². The van der Waals surface area contributed by atoms with Gasteiger partial charge >= 0.3 is 0 Å². The number of benzene rings is 1. The molecule has 1 aliphatic carbocycles. The number of hydrogen-bond donors (Lipinski definition) is 1. The van der Waals surface area contributed by atoms with E-state index in [-0.39, 0.29) is 5.91 Å². The van der Waals surface area contributed by atoms with E-state index in [1.165, 1.54) is 24.1 Å². The zero-order valence-electron chi connectivity index (χ0n) is 13.9. The summed E-state index contributed by atoms with van der Waals surface area (Å²) in [5, 5.41) is 7.46. The van der Waals surface area contributed by atoms with Crippen molar-refractivity contribution in [3.63, 3.8) is 0 Å². The van der Waals surface area contributed by atoms with Crippen molar-refractivity contribution in [3.05, 3.63) is 47.3 Å². The summed E-state index contributed by atoms with van der Waals surface area (Å²) in [7, 11) is 3.94. The highest BCUT2D eigenvalue weighted by Crippen LogP contribution is 2.20. The van der Waals surface area contributed by atoms with E-state index in [0.717, 1.165) is 25.1 Å². The molecule has 0 unspecified atom stereocenters. The summed E-state index contributed by atoms with van der Waals surface area (Å²) in [6.07, 6.45) is 6.73. The summed E-state index contributed by atoms with van der Waals surface area (Å²) in [6, 6.07) is 7.66. The van der Waals surface area contributed by atoms with Crippen LogP contribution in [-0.4, -0.2) is 36.3 Å². The van der Waals surface area contributed by atoms with E-state index in [1.54, 1.807) is 0 Å². The van der Waals surface area contributed by atoms with Crippen molar-refractivity contribution in [3.8, 4) is 0 Å². The Bertz CT molecular complexity index is 690. The first-order valence-corrected chi connectivity index (χ1v) is 8.24. The van der Waals surface area contributed by atoms with Crippen molar-refractivity contribution in [2.24, 2.45) is 0 Å². The van der Waals surface area contributed by atoms with Gasteiger partial charge < -0.3 is 10.2 Å². The van der Waals surface area contributed by atoms with Crippen LogP contribution >= 0.6 is 0 Å². The minimum absolute atomic E-state index is 0.0327. The summed E-state index contributed by atoms with van der Waals surface area (Å²) < 4.78 is 2.05. The maximum atomic E-state index is 12.3. The maximum absolute atomic E-state index is 12.3. The monoisotopic (exact) mass is 312 g/mol. The largest absolute Gasteiger partial charge is 0.378 e. The molecular formula is C18H24N4O. The van der Waals surface area contributed by atoms with Crippen LogP contribution in [0, 0.1) is 0 Å². The second kappa shape index (κ2) is 6.86. The van der Waals surface area contributed by atoms with E-state index in [0.29, 0.717) is 12.1 Å². The molecule has 0 spiro atoms. The number of aryl methyl sites for hydroxylation is 1. The standard InChI is InChI=1S/C18H24N4O/c1-21(2)16-8-5-7-14(12-16)18(23)19-10-11-22-17-9-4-3-6-15(17)13-20-22/h5,7-8,12-13H,3-4,6,9-11H2,1-2H3,(H,19,23). The third-order valence-corrected chi connectivity index (χ3v) is 4.38. The van der Waals surface area contributed by atoms with Gasteiger partial charge in [-0.2, -0.15) is 5.10 Å². The minimum atomic E-state index is -0.0327. The highest BCUT2D eigenvalue weighted by molar-refractivity contribution is 5.95. The van der Waals surface area contributed by atoms with Crippen LogP contribution in [-0.2, 0) is 19.4 Å². The van der Waals surface area contributed by atoms with Crippen LogP contribution < -0.4 is 10.2 Å². The molecule has 5 heteroatoms. The van der Waals surface area contributed by atoms with Gasteiger partial charge in [-0.15, -0.1) is 0 Å². The lowest BCUT2D eigenvalue weighted by Gasteiger charge is -2.15. The van der Waals surface area contributed by atoms with Gasteiger partial charge in [0.15, 0.2) is 0 Å². The molecule has 1 heterocycles. The predicted molar refractivity (Wildman–Crippen MR) is 92.0 cm³/mol. The highest BCUT2D eigenvalue weighted by Gasteiger charge is 2.14. The molecule has 3 rings (SSSR count). The maximum Gasteiger partial charge on any atom is 0.251 e. The molecular weight excluding hydrogens is 288 g/mol. The number of nitrogens with one attached hydrogen (secondary N) is 1. The molecule has 122 valence electrons. The molecule has 0 saturated carbocycles. The summed E-state index contributed by atoms with van der Waals surface area (Å²) in [4.78, 5) is 14.3. The molecule has 2 aromatic rings. The van der Waals surface area contributed by atoms with Gasteiger partial charge in [-0.1, -0.05) is 6.07 Å². The molecule has 23 heavy (non-hydrogen) atoms. The summed E-state index contributed by atoms with van der Waals surface area (Å²) in [5.41, 5.74) is 4.44. The molecule has 0 fully saturated rings. The molecule has 1 N–H and O–H groups in total. The van der Waals surface area contributed by atoms with Crippen LogP contribution in [0.15, 0.2) is 30.5 Å². The van der Waals surface area contributed by atoms with E-state index in [4.69, 9.17) is 0 Å². The number of carbonyl (C=O) groups excluding carboxylic acids is 1. The topological polar surface area (TPSA) is 50.2 Å². The van der Waals surface area contributed by atoms with Gasteiger partial charge in [-0.25, -0.2) is 0 Å². The van der Waals surface area contributed by atoms with Crippen molar-refractivity contribution in [1.82, 2.24) is 15.1 Å². The number of anilines is 1. The van der Waals surface area contributed by atoms with Gasteiger partial charge in [0, 0.05) is 37.6 Å². The van der Waals surface area contributed by atoms with Crippen molar-refractivity contribution in [1.29, 1.82) is 0 Å². The molecule has 5 nitrogen and oxygen atoms in total. The predicted octanol–water partition coefficient (Wildman–Crippen LogP) is 2.26. The zero-order valence-corrected chi connectivity index (χ0v) is 13.9. The minimum Gasteiger partial charge on any atom is -0.378 e. The van der Waals surface area contributed by atoms with Crippen LogP contribution in [0.25, 0.3) is 0 Å². The molecule has 1 aromatic carbocycles. The normalized spacial score (nSPS) is 13.5. The van der Waals surface area contributed by atoms with E-state index in [2.05, 4.69) is 10.4 Å². The van der Waals surface area contributed by atoms with Gasteiger partial charge in [-0.05, 0) is 49.4 Å². The molecule has 1 amide bonds. The Morgan fingerprint density at radius 3 is 2.96 bits per heavy atom. The number of fused-ring (bicyclic) bond motifs is 1. The first kappa shape index (κ1) is 15.6. The van der Waals surface area contributed by atoms with Gasteiger partial charge in [0.05, 0.1) is 12.7 Å². The Morgan fingerprint density at radius 2 is 2.13 bits per heavy atom. The average molecular weight is 312 g/mol. The third kappa shape index (κ3) is 3.55. The smallest absolute Gasteiger partial charge is 0.251 e. The van der Waals surface area contributed by atoms with Crippen molar-refractivity contribution >= 4 is 11.6 Å². The number of amides is 1. The Morgan fingerprint density at radius 1 is 1.30 bits per heavy atom.